The lowest BCUT2D eigenvalue weighted by atomic mass is 9.90. The van der Waals surface area contributed by atoms with Gasteiger partial charge in [-0.05, 0) is 62.6 Å². The Bertz CT molecular complexity index is 1460. The van der Waals surface area contributed by atoms with Crippen molar-refractivity contribution in [3.05, 3.63) is 60.2 Å². The summed E-state index contributed by atoms with van der Waals surface area (Å²) in [6.07, 6.45) is 5.81. The van der Waals surface area contributed by atoms with Crippen molar-refractivity contribution < 1.29 is 9.13 Å². The second kappa shape index (κ2) is 11.4. The summed E-state index contributed by atoms with van der Waals surface area (Å²) in [5, 5.41) is 8.86. The highest BCUT2D eigenvalue weighted by Crippen LogP contribution is 2.37. The van der Waals surface area contributed by atoms with Crippen LogP contribution in [0.25, 0.3) is 22.3 Å². The molecule has 10 heteroatoms. The Kier molecular flexibility index (Phi) is 7.53. The molecule has 6 rings (SSSR count). The SMILES string of the molecule is COc1ccc(CNc2ccc(-c3nn(C4CCC(N5CCN(C)CC5)CC4)c4ncnc(N)c34)cc2F)cc1. The summed E-state index contributed by atoms with van der Waals surface area (Å²) in [6.45, 7) is 5.04. The number of nitrogens with one attached hydrogen (secondary N) is 1. The Hall–Kier alpha value is -3.76. The summed E-state index contributed by atoms with van der Waals surface area (Å²) < 4.78 is 22.5. The van der Waals surface area contributed by atoms with Gasteiger partial charge in [-0.1, -0.05) is 18.2 Å². The minimum absolute atomic E-state index is 0.226. The number of nitrogens with two attached hydrogens (primary N) is 1. The first-order valence-corrected chi connectivity index (χ1v) is 14.1. The number of fused-ring (bicyclic) bond motifs is 1. The molecule has 3 heterocycles. The molecule has 0 bridgehead atoms. The van der Waals surface area contributed by atoms with Crippen molar-refractivity contribution in [2.75, 3.05) is 51.4 Å². The fourth-order valence-electron chi connectivity index (χ4n) is 6.05. The molecule has 0 unspecified atom stereocenters. The summed E-state index contributed by atoms with van der Waals surface area (Å²) in [5.41, 5.74) is 9.79. The van der Waals surface area contributed by atoms with Crippen LogP contribution in [0, 0.1) is 5.82 Å². The Morgan fingerprint density at radius 3 is 2.40 bits per heavy atom. The monoisotopic (exact) mass is 544 g/mol. The molecule has 2 aliphatic rings. The fraction of sp³-hybridized carbons (Fsp3) is 0.433. The smallest absolute Gasteiger partial charge is 0.164 e. The Balaban J connectivity index is 1.21. The molecule has 0 spiro atoms. The number of benzene rings is 2. The second-order valence-corrected chi connectivity index (χ2v) is 10.9. The molecule has 40 heavy (non-hydrogen) atoms. The lowest BCUT2D eigenvalue weighted by Crippen LogP contribution is -2.49. The molecule has 0 atom stereocenters. The van der Waals surface area contributed by atoms with Crippen LogP contribution in [-0.4, -0.2) is 75.9 Å². The van der Waals surface area contributed by atoms with Crippen molar-refractivity contribution in [3.63, 3.8) is 0 Å². The van der Waals surface area contributed by atoms with E-state index in [2.05, 4.69) is 32.1 Å². The maximum atomic E-state index is 15.3. The van der Waals surface area contributed by atoms with Crippen molar-refractivity contribution in [1.29, 1.82) is 0 Å². The van der Waals surface area contributed by atoms with Gasteiger partial charge in [0.1, 0.15) is 29.4 Å². The van der Waals surface area contributed by atoms with E-state index in [0.29, 0.717) is 46.4 Å². The highest BCUT2D eigenvalue weighted by atomic mass is 19.1. The molecule has 3 N–H and O–H groups in total. The van der Waals surface area contributed by atoms with Crippen LogP contribution in [-0.2, 0) is 6.54 Å². The first kappa shape index (κ1) is 26.5. The standard InChI is InChI=1S/C30H37FN8O/c1-37-13-15-38(16-14-37)22-6-8-23(9-7-22)39-30-27(29(32)34-19-35-30)28(36-39)21-5-12-26(25(31)17-21)33-18-20-3-10-24(40-2)11-4-20/h3-5,10-12,17,19,22-23,33H,6-9,13-16,18H2,1-2H3,(H2,32,34,35). The molecule has 4 aromatic rings. The second-order valence-electron chi connectivity index (χ2n) is 10.9. The normalized spacial score (nSPS) is 20.6. The lowest BCUT2D eigenvalue weighted by Gasteiger charge is -2.41. The molecule has 2 aromatic heterocycles. The number of piperazine rings is 1. The van der Waals surface area contributed by atoms with E-state index in [1.54, 1.807) is 13.2 Å². The number of hydrogen-bond donors (Lipinski definition) is 2. The number of anilines is 2. The molecule has 0 radical (unpaired) electrons. The quantitative estimate of drug-likeness (QED) is 0.349. The molecule has 1 saturated carbocycles. The molecular formula is C30H37FN8O. The van der Waals surface area contributed by atoms with Crippen LogP contribution in [0.2, 0.25) is 0 Å². The van der Waals surface area contributed by atoms with E-state index in [0.717, 1.165) is 63.2 Å². The highest BCUT2D eigenvalue weighted by molar-refractivity contribution is 5.98. The number of rotatable bonds is 7. The molecule has 2 fully saturated rings. The van der Waals surface area contributed by atoms with Gasteiger partial charge < -0.3 is 20.7 Å². The first-order chi connectivity index (χ1) is 19.5. The predicted molar refractivity (Wildman–Crippen MR) is 156 cm³/mol. The van der Waals surface area contributed by atoms with Gasteiger partial charge in [0.25, 0.3) is 0 Å². The molecular weight excluding hydrogens is 507 g/mol. The number of ether oxygens (including phenoxy) is 1. The molecule has 210 valence electrons. The van der Waals surface area contributed by atoms with Crippen molar-refractivity contribution in [3.8, 4) is 17.0 Å². The van der Waals surface area contributed by atoms with Crippen LogP contribution >= 0.6 is 0 Å². The van der Waals surface area contributed by atoms with E-state index in [-0.39, 0.29) is 11.9 Å². The van der Waals surface area contributed by atoms with E-state index < -0.39 is 0 Å². The van der Waals surface area contributed by atoms with Crippen molar-refractivity contribution in [1.82, 2.24) is 29.5 Å². The molecule has 0 amide bonds. The molecule has 9 nitrogen and oxygen atoms in total. The van der Waals surface area contributed by atoms with Crippen LogP contribution in [0.15, 0.2) is 48.8 Å². The molecule has 1 saturated heterocycles. The predicted octanol–water partition coefficient (Wildman–Crippen LogP) is 4.57. The van der Waals surface area contributed by atoms with Crippen LogP contribution in [0.5, 0.6) is 5.75 Å². The van der Waals surface area contributed by atoms with Crippen molar-refractivity contribution in [2.45, 2.75) is 44.3 Å². The number of halogens is 1. The van der Waals surface area contributed by atoms with Crippen LogP contribution < -0.4 is 15.8 Å². The maximum absolute atomic E-state index is 15.3. The van der Waals surface area contributed by atoms with Crippen LogP contribution in [0.1, 0.15) is 37.3 Å². The third-order valence-electron chi connectivity index (χ3n) is 8.47. The van der Waals surface area contributed by atoms with Crippen molar-refractivity contribution >= 4 is 22.5 Å². The zero-order chi connectivity index (χ0) is 27.6. The van der Waals surface area contributed by atoms with Gasteiger partial charge in [0.15, 0.2) is 5.65 Å². The Morgan fingerprint density at radius 2 is 1.70 bits per heavy atom. The number of methoxy groups -OCH3 is 1. The van der Waals surface area contributed by atoms with Gasteiger partial charge in [0.05, 0.1) is 24.2 Å². The van der Waals surface area contributed by atoms with Gasteiger partial charge in [-0.25, -0.2) is 19.0 Å². The van der Waals surface area contributed by atoms with E-state index in [9.17, 15) is 0 Å². The zero-order valence-corrected chi connectivity index (χ0v) is 23.2. The molecule has 1 aliphatic heterocycles. The highest BCUT2D eigenvalue weighted by Gasteiger charge is 2.30. The van der Waals surface area contributed by atoms with Crippen molar-refractivity contribution in [2.24, 2.45) is 0 Å². The third-order valence-corrected chi connectivity index (χ3v) is 8.47. The third kappa shape index (κ3) is 5.33. The van der Waals surface area contributed by atoms with E-state index in [4.69, 9.17) is 15.6 Å². The number of likely N-dealkylation sites (N-methyl/N-ethyl adjacent to an activating group) is 1. The first-order valence-electron chi connectivity index (χ1n) is 14.1. The van der Waals surface area contributed by atoms with Gasteiger partial charge in [0, 0.05) is 44.3 Å². The number of aromatic nitrogens is 4. The summed E-state index contributed by atoms with van der Waals surface area (Å²) in [7, 11) is 3.83. The van der Waals surface area contributed by atoms with E-state index in [1.165, 1.54) is 12.4 Å². The van der Waals surface area contributed by atoms with Gasteiger partial charge in [-0.2, -0.15) is 5.10 Å². The average Bonchev–Trinajstić information content (AvgIpc) is 3.38. The maximum Gasteiger partial charge on any atom is 0.164 e. The number of nitrogen functional groups attached to an aromatic ring is 1. The van der Waals surface area contributed by atoms with E-state index >= 15 is 4.39 Å². The zero-order valence-electron chi connectivity index (χ0n) is 23.2. The lowest BCUT2D eigenvalue weighted by molar-refractivity contribution is 0.0815. The van der Waals surface area contributed by atoms with Crippen LogP contribution in [0.4, 0.5) is 15.9 Å². The number of hydrogen-bond acceptors (Lipinski definition) is 8. The minimum Gasteiger partial charge on any atom is -0.497 e. The summed E-state index contributed by atoms with van der Waals surface area (Å²) in [5.74, 6) is 0.800. The summed E-state index contributed by atoms with van der Waals surface area (Å²) in [4.78, 5) is 13.9. The van der Waals surface area contributed by atoms with Gasteiger partial charge in [-0.3, -0.25) is 4.90 Å². The fourth-order valence-corrected chi connectivity index (χ4v) is 6.05. The summed E-state index contributed by atoms with van der Waals surface area (Å²) >= 11 is 0. The molecule has 1 aliphatic carbocycles. The van der Waals surface area contributed by atoms with E-state index in [1.807, 2.05) is 35.0 Å². The largest absolute Gasteiger partial charge is 0.497 e. The van der Waals surface area contributed by atoms with Crippen LogP contribution in [0.3, 0.4) is 0 Å². The Labute approximate surface area is 234 Å². The minimum atomic E-state index is -0.350. The number of nitrogens with zero attached hydrogens (tertiary/aromatic N) is 6. The topological polar surface area (TPSA) is 97.4 Å². The summed E-state index contributed by atoms with van der Waals surface area (Å²) in [6, 6.07) is 13.7. The van der Waals surface area contributed by atoms with Gasteiger partial charge >= 0.3 is 0 Å². The van der Waals surface area contributed by atoms with Gasteiger partial charge in [0.2, 0.25) is 0 Å². The van der Waals surface area contributed by atoms with Gasteiger partial charge in [-0.15, -0.1) is 0 Å². The average molecular weight is 545 g/mol. The molecule has 2 aromatic carbocycles. The Morgan fingerprint density at radius 1 is 0.975 bits per heavy atom.